The third-order valence-corrected chi connectivity index (χ3v) is 3.52. The number of nitro benzene ring substituents is 1. The molecule has 2 heterocycles. The molecule has 0 aliphatic heterocycles. The van der Waals surface area contributed by atoms with E-state index in [2.05, 4.69) is 9.37 Å². The molecule has 3 rings (SSSR count). The molecule has 7 nitrogen and oxygen atoms in total. The van der Waals surface area contributed by atoms with Crippen LogP contribution in [-0.4, -0.2) is 19.6 Å². The van der Waals surface area contributed by atoms with Gasteiger partial charge in [0.05, 0.1) is 4.92 Å². The van der Waals surface area contributed by atoms with Gasteiger partial charge in [-0.25, -0.2) is 0 Å². The number of nitrogens with zero attached hydrogens (tertiary/aromatic N) is 4. The Balaban J connectivity index is 1.99. The van der Waals surface area contributed by atoms with Gasteiger partial charge in [-0.05, 0) is 24.3 Å². The van der Waals surface area contributed by atoms with Crippen molar-refractivity contribution in [1.82, 2.24) is 8.77 Å². The number of rotatable bonds is 2. The zero-order valence-corrected chi connectivity index (χ0v) is 11.4. The number of aromatic nitrogens is 2. The molecule has 2 aromatic heterocycles. The van der Waals surface area contributed by atoms with Gasteiger partial charge in [0, 0.05) is 35.4 Å². The minimum Gasteiger partial charge on any atom is -0.275 e. The van der Waals surface area contributed by atoms with Crippen LogP contribution in [0, 0.1) is 10.1 Å². The van der Waals surface area contributed by atoms with Gasteiger partial charge >= 0.3 is 0 Å². The van der Waals surface area contributed by atoms with Crippen LogP contribution in [0.15, 0.2) is 53.7 Å². The Kier molecular flexibility index (Phi) is 3.28. The Morgan fingerprint density at radius 3 is 2.71 bits per heavy atom. The van der Waals surface area contributed by atoms with Crippen molar-refractivity contribution >= 4 is 28.8 Å². The molecule has 0 spiro atoms. The van der Waals surface area contributed by atoms with Crippen molar-refractivity contribution in [2.45, 2.75) is 0 Å². The molecule has 0 aliphatic carbocycles. The van der Waals surface area contributed by atoms with Crippen molar-refractivity contribution in [1.29, 1.82) is 0 Å². The highest BCUT2D eigenvalue weighted by Gasteiger charge is 2.09. The highest BCUT2D eigenvalue weighted by Crippen LogP contribution is 2.12. The van der Waals surface area contributed by atoms with Crippen molar-refractivity contribution in [3.63, 3.8) is 0 Å². The summed E-state index contributed by atoms with van der Waals surface area (Å²) in [4.78, 5) is 26.6. The molecule has 8 heteroatoms. The van der Waals surface area contributed by atoms with E-state index in [0.29, 0.717) is 16.0 Å². The molecule has 0 N–H and O–H groups in total. The van der Waals surface area contributed by atoms with Crippen molar-refractivity contribution in [3.8, 4) is 0 Å². The Morgan fingerprint density at radius 1 is 1.24 bits per heavy atom. The number of amides is 1. The number of pyridine rings is 1. The van der Waals surface area contributed by atoms with Gasteiger partial charge < -0.3 is 0 Å². The maximum absolute atomic E-state index is 12.1. The molecule has 0 aliphatic rings. The summed E-state index contributed by atoms with van der Waals surface area (Å²) >= 11 is 1.11. The zero-order valence-electron chi connectivity index (χ0n) is 10.5. The van der Waals surface area contributed by atoms with Crippen LogP contribution in [0.1, 0.15) is 10.4 Å². The maximum atomic E-state index is 12.1. The molecule has 104 valence electrons. The first-order valence-corrected chi connectivity index (χ1v) is 6.69. The number of carbonyl (C=O) groups excluding carboxylic acids is 1. The second-order valence-electron chi connectivity index (χ2n) is 4.11. The lowest BCUT2D eigenvalue weighted by Gasteiger charge is -1.95. The van der Waals surface area contributed by atoms with E-state index in [1.54, 1.807) is 10.6 Å². The SMILES string of the molecule is O=C(N=c1snc2ccccn12)c1ccc([N+](=O)[O-])cc1. The van der Waals surface area contributed by atoms with E-state index in [4.69, 9.17) is 0 Å². The van der Waals surface area contributed by atoms with Crippen LogP contribution in [0.2, 0.25) is 0 Å². The van der Waals surface area contributed by atoms with Crippen LogP contribution < -0.4 is 4.80 Å². The summed E-state index contributed by atoms with van der Waals surface area (Å²) < 4.78 is 5.87. The van der Waals surface area contributed by atoms with Gasteiger partial charge in [-0.3, -0.25) is 19.3 Å². The molecule has 0 bridgehead atoms. The molecule has 0 radical (unpaired) electrons. The molecule has 1 amide bonds. The van der Waals surface area contributed by atoms with Crippen LogP contribution in [0.3, 0.4) is 0 Å². The number of fused-ring (bicyclic) bond motifs is 1. The molecule has 21 heavy (non-hydrogen) atoms. The topological polar surface area (TPSA) is 89.9 Å². The predicted molar refractivity (Wildman–Crippen MR) is 76.1 cm³/mol. The Labute approximate surface area is 122 Å². The van der Waals surface area contributed by atoms with Crippen molar-refractivity contribution < 1.29 is 9.72 Å². The lowest BCUT2D eigenvalue weighted by atomic mass is 10.2. The molecular weight excluding hydrogens is 292 g/mol. The normalized spacial score (nSPS) is 11.7. The fourth-order valence-electron chi connectivity index (χ4n) is 1.75. The number of benzene rings is 1. The summed E-state index contributed by atoms with van der Waals surface area (Å²) in [7, 11) is 0. The molecule has 0 unspecified atom stereocenters. The highest BCUT2D eigenvalue weighted by atomic mass is 32.1. The number of hydrogen-bond acceptors (Lipinski definition) is 5. The van der Waals surface area contributed by atoms with E-state index in [1.807, 2.05) is 18.2 Å². The van der Waals surface area contributed by atoms with E-state index >= 15 is 0 Å². The minimum absolute atomic E-state index is 0.0656. The van der Waals surface area contributed by atoms with Crippen molar-refractivity contribution in [2.24, 2.45) is 4.99 Å². The largest absolute Gasteiger partial charge is 0.279 e. The van der Waals surface area contributed by atoms with Crippen LogP contribution in [0.5, 0.6) is 0 Å². The predicted octanol–water partition coefficient (Wildman–Crippen LogP) is 2.05. The standard InChI is InChI=1S/C13H8N4O3S/c18-12(9-4-6-10(7-5-9)17(19)20)14-13-16-8-2-1-3-11(16)15-21-13/h1-8H. The molecule has 0 saturated heterocycles. The van der Waals surface area contributed by atoms with Gasteiger partial charge in [-0.15, -0.1) is 0 Å². The van der Waals surface area contributed by atoms with Crippen molar-refractivity contribution in [2.75, 3.05) is 0 Å². The van der Waals surface area contributed by atoms with Crippen LogP contribution in [0.25, 0.3) is 5.65 Å². The third kappa shape index (κ3) is 2.56. The smallest absolute Gasteiger partial charge is 0.275 e. The van der Waals surface area contributed by atoms with Crippen LogP contribution in [0.4, 0.5) is 5.69 Å². The highest BCUT2D eigenvalue weighted by molar-refractivity contribution is 7.03. The van der Waals surface area contributed by atoms with Gasteiger partial charge in [0.1, 0.15) is 0 Å². The van der Waals surface area contributed by atoms with Gasteiger partial charge in [-0.2, -0.15) is 9.37 Å². The Hall–Kier alpha value is -2.87. The first-order chi connectivity index (χ1) is 10.1. The van der Waals surface area contributed by atoms with Crippen LogP contribution in [-0.2, 0) is 0 Å². The minimum atomic E-state index is -0.516. The summed E-state index contributed by atoms with van der Waals surface area (Å²) in [6.45, 7) is 0. The molecule has 1 aromatic carbocycles. The van der Waals surface area contributed by atoms with Crippen molar-refractivity contribution in [3.05, 3.63) is 69.1 Å². The number of non-ortho nitro benzene ring substituents is 1. The van der Waals surface area contributed by atoms with E-state index in [0.717, 1.165) is 11.5 Å². The molecule has 0 saturated carbocycles. The summed E-state index contributed by atoms with van der Waals surface area (Å²) in [6, 6.07) is 10.8. The fraction of sp³-hybridized carbons (Fsp3) is 0. The maximum Gasteiger partial charge on any atom is 0.279 e. The fourth-order valence-corrected chi connectivity index (χ4v) is 2.44. The quantitative estimate of drug-likeness (QED) is 0.535. The van der Waals surface area contributed by atoms with E-state index < -0.39 is 10.8 Å². The van der Waals surface area contributed by atoms with E-state index in [-0.39, 0.29) is 5.69 Å². The Morgan fingerprint density at radius 2 is 2.00 bits per heavy atom. The lowest BCUT2D eigenvalue weighted by molar-refractivity contribution is -0.384. The van der Waals surface area contributed by atoms with E-state index in [1.165, 1.54) is 24.3 Å². The molecular formula is C13H8N4O3S. The monoisotopic (exact) mass is 300 g/mol. The molecule has 0 fully saturated rings. The van der Waals surface area contributed by atoms with Gasteiger partial charge in [0.15, 0.2) is 5.65 Å². The number of nitro groups is 1. The molecule has 0 atom stereocenters. The summed E-state index contributed by atoms with van der Waals surface area (Å²) in [5, 5.41) is 10.6. The lowest BCUT2D eigenvalue weighted by Crippen LogP contribution is -2.10. The summed E-state index contributed by atoms with van der Waals surface area (Å²) in [6.07, 6.45) is 1.76. The Bertz CT molecular complexity index is 895. The second kappa shape index (κ2) is 5.25. The zero-order chi connectivity index (χ0) is 14.8. The average molecular weight is 300 g/mol. The summed E-state index contributed by atoms with van der Waals surface area (Å²) in [5.41, 5.74) is 0.931. The number of hydrogen-bond donors (Lipinski definition) is 0. The van der Waals surface area contributed by atoms with Gasteiger partial charge in [0.25, 0.3) is 11.6 Å². The third-order valence-electron chi connectivity index (χ3n) is 2.79. The molecule has 3 aromatic rings. The average Bonchev–Trinajstić information content (AvgIpc) is 2.91. The first-order valence-electron chi connectivity index (χ1n) is 5.92. The van der Waals surface area contributed by atoms with Gasteiger partial charge in [-0.1, -0.05) is 6.07 Å². The number of carbonyl (C=O) groups is 1. The van der Waals surface area contributed by atoms with Crippen LogP contribution >= 0.6 is 11.5 Å². The summed E-state index contributed by atoms with van der Waals surface area (Å²) in [5.74, 6) is -0.466. The first kappa shape index (κ1) is 13.1. The van der Waals surface area contributed by atoms with Gasteiger partial charge in [0.2, 0.25) is 4.80 Å². The second-order valence-corrected chi connectivity index (χ2v) is 4.85. The van der Waals surface area contributed by atoms with E-state index in [9.17, 15) is 14.9 Å².